The third-order valence-electron chi connectivity index (χ3n) is 4.93. The summed E-state index contributed by atoms with van der Waals surface area (Å²) in [5.41, 5.74) is 1.17. The minimum absolute atomic E-state index is 0.138. The summed E-state index contributed by atoms with van der Waals surface area (Å²) in [6.45, 7) is 3.72. The molecule has 4 rings (SSSR count). The number of amides is 4. The first-order valence-electron chi connectivity index (χ1n) is 9.36. The molecule has 2 fully saturated rings. The van der Waals surface area contributed by atoms with Gasteiger partial charge < -0.3 is 9.32 Å². The van der Waals surface area contributed by atoms with E-state index < -0.39 is 17.8 Å². The van der Waals surface area contributed by atoms with Crippen LogP contribution in [-0.2, 0) is 9.59 Å². The molecule has 0 saturated carbocycles. The first kappa shape index (κ1) is 18.0. The number of hydrogen-bond acceptors (Lipinski definition) is 5. The van der Waals surface area contributed by atoms with E-state index in [1.165, 1.54) is 12.5 Å². The van der Waals surface area contributed by atoms with Gasteiger partial charge in [0.1, 0.15) is 11.3 Å². The zero-order valence-electron chi connectivity index (χ0n) is 15.6. The summed E-state index contributed by atoms with van der Waals surface area (Å²) in [5, 5.41) is 2.23. The van der Waals surface area contributed by atoms with Crippen molar-refractivity contribution in [1.29, 1.82) is 0 Å². The van der Waals surface area contributed by atoms with Crippen molar-refractivity contribution >= 4 is 35.5 Å². The van der Waals surface area contributed by atoms with Crippen molar-refractivity contribution in [3.05, 3.63) is 53.3 Å². The van der Waals surface area contributed by atoms with Crippen molar-refractivity contribution in [2.45, 2.75) is 26.2 Å². The van der Waals surface area contributed by atoms with Gasteiger partial charge in [-0.05, 0) is 56.0 Å². The summed E-state index contributed by atoms with van der Waals surface area (Å²) < 4.78 is 5.82. The van der Waals surface area contributed by atoms with Crippen LogP contribution in [0, 0.1) is 6.92 Å². The van der Waals surface area contributed by atoms with Crippen molar-refractivity contribution in [1.82, 2.24) is 5.32 Å². The summed E-state index contributed by atoms with van der Waals surface area (Å²) in [5.74, 6) is -0.274. The number of rotatable bonds is 3. The van der Waals surface area contributed by atoms with E-state index in [4.69, 9.17) is 4.42 Å². The number of urea groups is 1. The molecule has 0 unspecified atom stereocenters. The highest BCUT2D eigenvalue weighted by molar-refractivity contribution is 6.39. The van der Waals surface area contributed by atoms with Crippen LogP contribution < -0.4 is 15.1 Å². The van der Waals surface area contributed by atoms with Gasteiger partial charge in [-0.2, -0.15) is 0 Å². The maximum Gasteiger partial charge on any atom is 0.335 e. The van der Waals surface area contributed by atoms with Gasteiger partial charge in [-0.1, -0.05) is 12.1 Å². The molecule has 7 heteroatoms. The Balaban J connectivity index is 1.63. The van der Waals surface area contributed by atoms with E-state index in [0.717, 1.165) is 42.3 Å². The van der Waals surface area contributed by atoms with Crippen LogP contribution in [0.15, 0.2) is 46.4 Å². The second-order valence-electron chi connectivity index (χ2n) is 7.02. The van der Waals surface area contributed by atoms with Crippen LogP contribution >= 0.6 is 0 Å². The monoisotopic (exact) mass is 379 g/mol. The van der Waals surface area contributed by atoms with Crippen molar-refractivity contribution in [2.24, 2.45) is 0 Å². The Hall–Kier alpha value is -3.35. The lowest BCUT2D eigenvalue weighted by Crippen LogP contribution is -2.54. The Kier molecular flexibility index (Phi) is 4.73. The van der Waals surface area contributed by atoms with Crippen LogP contribution in [0.4, 0.5) is 16.4 Å². The number of aryl methyl sites for hydroxylation is 1. The molecule has 0 atom stereocenters. The molecule has 28 heavy (non-hydrogen) atoms. The van der Waals surface area contributed by atoms with Crippen LogP contribution in [0.2, 0.25) is 0 Å². The van der Waals surface area contributed by atoms with Crippen molar-refractivity contribution < 1.29 is 18.8 Å². The topological polar surface area (TPSA) is 82.9 Å². The molecule has 0 bridgehead atoms. The number of furan rings is 1. The molecule has 2 aromatic rings. The van der Waals surface area contributed by atoms with E-state index >= 15 is 0 Å². The average Bonchev–Trinajstić information content (AvgIpc) is 3.14. The molecular formula is C21H21N3O4. The minimum atomic E-state index is -0.758. The van der Waals surface area contributed by atoms with Crippen LogP contribution in [0.1, 0.15) is 30.6 Å². The predicted octanol–water partition coefficient (Wildman–Crippen LogP) is 3.24. The highest BCUT2D eigenvalue weighted by atomic mass is 16.4. The van der Waals surface area contributed by atoms with Gasteiger partial charge in [0.15, 0.2) is 5.88 Å². The molecule has 0 radical (unpaired) electrons. The van der Waals surface area contributed by atoms with E-state index in [1.54, 1.807) is 24.3 Å². The van der Waals surface area contributed by atoms with Crippen molar-refractivity contribution in [3.63, 3.8) is 0 Å². The highest BCUT2D eigenvalue weighted by Gasteiger charge is 2.37. The second kappa shape index (κ2) is 7.34. The van der Waals surface area contributed by atoms with Gasteiger partial charge in [0, 0.05) is 19.2 Å². The second-order valence-corrected chi connectivity index (χ2v) is 7.02. The zero-order chi connectivity index (χ0) is 19.7. The first-order chi connectivity index (χ1) is 13.5. The standard InChI is InChI=1S/C21H21N3O4/c1-14-6-5-7-15(12-14)24-20(26)17(19(25)22-21(24)27)13-16-8-9-18(28-16)23-10-3-2-4-11-23/h5-9,12-13H,2-4,10-11H2,1H3,(H,22,25,27)/b17-13+. The van der Waals surface area contributed by atoms with Crippen LogP contribution in [-0.4, -0.2) is 30.9 Å². The lowest BCUT2D eigenvalue weighted by molar-refractivity contribution is -0.122. The Morgan fingerprint density at radius 2 is 1.82 bits per heavy atom. The van der Waals surface area contributed by atoms with Crippen LogP contribution in [0.3, 0.4) is 0 Å². The van der Waals surface area contributed by atoms with Crippen molar-refractivity contribution in [2.75, 3.05) is 22.9 Å². The highest BCUT2D eigenvalue weighted by Crippen LogP contribution is 2.26. The Labute approximate surface area is 162 Å². The number of nitrogens with one attached hydrogen (secondary N) is 1. The van der Waals surface area contributed by atoms with Gasteiger partial charge in [-0.25, -0.2) is 9.69 Å². The summed E-state index contributed by atoms with van der Waals surface area (Å²) in [4.78, 5) is 40.5. The van der Waals surface area contributed by atoms with E-state index in [2.05, 4.69) is 10.2 Å². The number of nitrogens with zero attached hydrogens (tertiary/aromatic N) is 2. The van der Waals surface area contributed by atoms with Gasteiger partial charge in [-0.15, -0.1) is 0 Å². The molecule has 1 aromatic carbocycles. The number of benzene rings is 1. The van der Waals surface area contributed by atoms with Gasteiger partial charge >= 0.3 is 6.03 Å². The number of carbonyl (C=O) groups excluding carboxylic acids is 3. The SMILES string of the molecule is Cc1cccc(N2C(=O)NC(=O)/C(=C\c3ccc(N4CCCCC4)o3)C2=O)c1. The zero-order valence-corrected chi connectivity index (χ0v) is 15.6. The molecule has 3 heterocycles. The number of piperidine rings is 1. The quantitative estimate of drug-likeness (QED) is 0.654. The molecule has 4 amide bonds. The third-order valence-corrected chi connectivity index (χ3v) is 4.93. The molecule has 7 nitrogen and oxygen atoms in total. The molecule has 1 N–H and O–H groups in total. The number of hydrogen-bond donors (Lipinski definition) is 1. The molecule has 2 aliphatic heterocycles. The summed E-state index contributed by atoms with van der Waals surface area (Å²) in [7, 11) is 0. The van der Waals surface area contributed by atoms with E-state index in [1.807, 2.05) is 19.1 Å². The normalized spacial score (nSPS) is 19.3. The van der Waals surface area contributed by atoms with Crippen LogP contribution in [0.25, 0.3) is 6.08 Å². The average molecular weight is 379 g/mol. The third kappa shape index (κ3) is 3.43. The maximum absolute atomic E-state index is 12.9. The molecule has 0 spiro atoms. The fourth-order valence-corrected chi connectivity index (χ4v) is 3.51. The molecular weight excluding hydrogens is 358 g/mol. The Morgan fingerprint density at radius 1 is 1.04 bits per heavy atom. The largest absolute Gasteiger partial charge is 0.441 e. The Morgan fingerprint density at radius 3 is 2.57 bits per heavy atom. The summed E-state index contributed by atoms with van der Waals surface area (Å²) in [6, 6.07) is 9.79. The van der Waals surface area contributed by atoms with Crippen molar-refractivity contribution in [3.8, 4) is 0 Å². The first-order valence-corrected chi connectivity index (χ1v) is 9.36. The fraction of sp³-hybridized carbons (Fsp3) is 0.286. The maximum atomic E-state index is 12.9. The lowest BCUT2D eigenvalue weighted by Gasteiger charge is -2.26. The molecule has 2 aliphatic rings. The molecule has 1 aromatic heterocycles. The summed E-state index contributed by atoms with van der Waals surface area (Å²) >= 11 is 0. The van der Waals surface area contributed by atoms with Gasteiger partial charge in [-0.3, -0.25) is 14.9 Å². The lowest BCUT2D eigenvalue weighted by atomic mass is 10.1. The minimum Gasteiger partial charge on any atom is -0.441 e. The van der Waals surface area contributed by atoms with E-state index in [9.17, 15) is 14.4 Å². The smallest absolute Gasteiger partial charge is 0.335 e. The van der Waals surface area contributed by atoms with Gasteiger partial charge in [0.25, 0.3) is 11.8 Å². The molecule has 144 valence electrons. The number of barbiturate groups is 1. The molecule has 2 saturated heterocycles. The molecule has 0 aliphatic carbocycles. The van der Waals surface area contributed by atoms with E-state index in [0.29, 0.717) is 11.4 Å². The van der Waals surface area contributed by atoms with E-state index in [-0.39, 0.29) is 5.57 Å². The summed E-state index contributed by atoms with van der Waals surface area (Å²) in [6.07, 6.45) is 4.84. The van der Waals surface area contributed by atoms with Gasteiger partial charge in [0.2, 0.25) is 0 Å². The number of anilines is 2. The van der Waals surface area contributed by atoms with Gasteiger partial charge in [0.05, 0.1) is 5.69 Å². The number of imide groups is 2. The number of carbonyl (C=O) groups is 3. The Bertz CT molecular complexity index is 970. The fourth-order valence-electron chi connectivity index (χ4n) is 3.51. The predicted molar refractivity (Wildman–Crippen MR) is 105 cm³/mol. The van der Waals surface area contributed by atoms with Crippen LogP contribution in [0.5, 0.6) is 0 Å².